The third-order valence-corrected chi connectivity index (χ3v) is 5.38. The van der Waals surface area contributed by atoms with Crippen molar-refractivity contribution in [2.24, 2.45) is 0 Å². The van der Waals surface area contributed by atoms with Crippen LogP contribution in [0.2, 0.25) is 0 Å². The molecule has 1 unspecified atom stereocenters. The van der Waals surface area contributed by atoms with Gasteiger partial charge in [0.15, 0.2) is 0 Å². The Kier molecular flexibility index (Phi) is 6.34. The van der Waals surface area contributed by atoms with Crippen LogP contribution in [0.1, 0.15) is 13.8 Å². The van der Waals surface area contributed by atoms with E-state index in [1.165, 1.54) is 0 Å². The van der Waals surface area contributed by atoms with E-state index >= 15 is 0 Å². The third kappa shape index (κ3) is 4.50. The molecule has 0 rings (SSSR count). The summed E-state index contributed by atoms with van der Waals surface area (Å²) in [6.45, 7) is 6.26. The number of rotatable bonds is 4. The van der Waals surface area contributed by atoms with Crippen LogP contribution in [0.15, 0.2) is 0 Å². The lowest BCUT2D eigenvalue weighted by atomic mass is 10.5. The van der Waals surface area contributed by atoms with Gasteiger partial charge in [0.05, 0.1) is 0 Å². The Bertz CT molecular complexity index is 111. The summed E-state index contributed by atoms with van der Waals surface area (Å²) in [5, 5.41) is 0. The Labute approximate surface area is 99.1 Å². The molecule has 0 saturated heterocycles. The zero-order valence-electron chi connectivity index (χ0n) is 6.52. The molecule has 1 nitrogen and oxygen atoms in total. The van der Waals surface area contributed by atoms with Gasteiger partial charge < -0.3 is 0 Å². The number of halogens is 3. The normalized spacial score (nSPS) is 15.5. The maximum absolute atomic E-state index is 4.34. The van der Waals surface area contributed by atoms with E-state index in [2.05, 4.69) is 79.2 Å². The Balaban J connectivity index is 4.09. The molecule has 0 spiro atoms. The fourth-order valence-corrected chi connectivity index (χ4v) is 2.09. The zero-order valence-corrected chi connectivity index (χ0v) is 12.2. The second-order valence-corrected chi connectivity index (χ2v) is 8.51. The standard InChI is InChI=1S/C6H12Br3NS/c1-3-10(4-2)5(7)6(8,9)11/h5,11H,3-4H2,1-2H3. The molecule has 1 atom stereocenters. The van der Waals surface area contributed by atoms with Crippen LogP contribution in [-0.2, 0) is 0 Å². The van der Waals surface area contributed by atoms with Gasteiger partial charge in [0.1, 0.15) is 7.52 Å². The number of hydrogen-bond acceptors (Lipinski definition) is 2. The number of thiol groups is 1. The molecule has 0 aromatic heterocycles. The van der Waals surface area contributed by atoms with Gasteiger partial charge in [-0.2, -0.15) is 0 Å². The minimum Gasteiger partial charge on any atom is -0.289 e. The Morgan fingerprint density at radius 3 is 1.82 bits per heavy atom. The lowest BCUT2D eigenvalue weighted by molar-refractivity contribution is 0.297. The summed E-state index contributed by atoms with van der Waals surface area (Å²) in [6, 6.07) is 0. The molecule has 0 radical (unpaired) electrons. The van der Waals surface area contributed by atoms with Crippen molar-refractivity contribution >= 4 is 60.4 Å². The zero-order chi connectivity index (χ0) is 9.07. The maximum atomic E-state index is 4.34. The van der Waals surface area contributed by atoms with Gasteiger partial charge in [-0.1, -0.05) is 61.6 Å². The van der Waals surface area contributed by atoms with Crippen molar-refractivity contribution in [2.45, 2.75) is 21.4 Å². The molecule has 0 amide bonds. The summed E-state index contributed by atoms with van der Waals surface area (Å²) < 4.78 is -0.355. The van der Waals surface area contributed by atoms with Crippen molar-refractivity contribution in [2.75, 3.05) is 13.1 Å². The first-order chi connectivity index (χ1) is 4.93. The first-order valence-electron chi connectivity index (χ1n) is 3.41. The van der Waals surface area contributed by atoms with Crippen LogP contribution in [0, 0.1) is 0 Å². The van der Waals surface area contributed by atoms with E-state index in [1.807, 2.05) is 0 Å². The monoisotopic (exact) mass is 367 g/mol. The van der Waals surface area contributed by atoms with Gasteiger partial charge in [0.25, 0.3) is 0 Å². The first kappa shape index (κ1) is 12.8. The Hall–Kier alpha value is 1.75. The van der Waals surface area contributed by atoms with Crippen LogP contribution in [-0.4, -0.2) is 25.5 Å². The van der Waals surface area contributed by atoms with Crippen molar-refractivity contribution in [1.82, 2.24) is 4.90 Å². The molecule has 0 aliphatic carbocycles. The van der Waals surface area contributed by atoms with Crippen LogP contribution >= 0.6 is 60.4 Å². The topological polar surface area (TPSA) is 3.24 Å². The first-order valence-corrected chi connectivity index (χ1v) is 6.36. The Morgan fingerprint density at radius 2 is 1.73 bits per heavy atom. The van der Waals surface area contributed by atoms with E-state index in [0.717, 1.165) is 13.1 Å². The highest BCUT2D eigenvalue weighted by atomic mass is 79.9. The van der Waals surface area contributed by atoms with E-state index in [1.54, 1.807) is 0 Å². The number of hydrogen-bond donors (Lipinski definition) is 1. The lowest BCUT2D eigenvalue weighted by Gasteiger charge is -2.31. The molecule has 0 fully saturated rings. The molecular weight excluding hydrogens is 358 g/mol. The molecule has 0 aromatic rings. The Morgan fingerprint density at radius 1 is 1.36 bits per heavy atom. The fraction of sp³-hybridized carbons (Fsp3) is 1.00. The molecule has 0 saturated carbocycles. The number of nitrogens with zero attached hydrogens (tertiary/aromatic N) is 1. The minimum absolute atomic E-state index is 0.188. The largest absolute Gasteiger partial charge is 0.289 e. The van der Waals surface area contributed by atoms with E-state index in [0.29, 0.717) is 0 Å². The summed E-state index contributed by atoms with van der Waals surface area (Å²) in [7, 11) is 0. The smallest absolute Gasteiger partial charge is 0.148 e. The highest BCUT2D eigenvalue weighted by Gasteiger charge is 2.30. The van der Waals surface area contributed by atoms with Crippen LogP contribution < -0.4 is 0 Å². The summed E-state index contributed by atoms with van der Waals surface area (Å²) in [5.41, 5.74) is 0. The van der Waals surface area contributed by atoms with Gasteiger partial charge >= 0.3 is 0 Å². The van der Waals surface area contributed by atoms with Crippen LogP contribution in [0.4, 0.5) is 0 Å². The molecule has 11 heavy (non-hydrogen) atoms. The average molecular weight is 370 g/mol. The summed E-state index contributed by atoms with van der Waals surface area (Å²) >= 11 is 14.7. The van der Waals surface area contributed by atoms with Crippen LogP contribution in [0.5, 0.6) is 0 Å². The second-order valence-electron chi connectivity index (χ2n) is 2.14. The summed E-state index contributed by atoms with van der Waals surface area (Å²) in [6.07, 6.45) is 0. The lowest BCUT2D eigenvalue weighted by Crippen LogP contribution is -2.38. The molecule has 0 bridgehead atoms. The molecule has 0 aromatic carbocycles. The van der Waals surface area contributed by atoms with Gasteiger partial charge in [0.2, 0.25) is 0 Å². The quantitative estimate of drug-likeness (QED) is 0.451. The van der Waals surface area contributed by atoms with Crippen molar-refractivity contribution in [3.8, 4) is 0 Å². The minimum atomic E-state index is -0.355. The molecule has 5 heteroatoms. The summed E-state index contributed by atoms with van der Waals surface area (Å²) in [5.74, 6) is 0. The summed E-state index contributed by atoms with van der Waals surface area (Å²) in [4.78, 5) is 2.43. The molecule has 0 heterocycles. The molecule has 0 N–H and O–H groups in total. The van der Waals surface area contributed by atoms with Gasteiger partial charge in [0, 0.05) is 0 Å². The molecule has 68 valence electrons. The molecule has 0 aliphatic heterocycles. The maximum Gasteiger partial charge on any atom is 0.148 e. The van der Waals surface area contributed by atoms with E-state index in [9.17, 15) is 0 Å². The van der Waals surface area contributed by atoms with Gasteiger partial charge in [-0.05, 0) is 13.1 Å². The predicted octanol–water partition coefficient (Wildman–Crippen LogP) is 3.42. The van der Waals surface area contributed by atoms with Crippen molar-refractivity contribution in [1.29, 1.82) is 0 Å². The highest BCUT2D eigenvalue weighted by molar-refractivity contribution is 9.28. The van der Waals surface area contributed by atoms with E-state index < -0.39 is 0 Å². The van der Waals surface area contributed by atoms with Gasteiger partial charge in [-0.3, -0.25) is 4.90 Å². The predicted molar refractivity (Wildman–Crippen MR) is 65.2 cm³/mol. The fourth-order valence-electron chi connectivity index (χ4n) is 0.764. The average Bonchev–Trinajstić information content (AvgIpc) is 1.88. The SMILES string of the molecule is CCN(CC)C(Br)C(S)(Br)Br. The highest BCUT2D eigenvalue weighted by Crippen LogP contribution is 2.39. The van der Waals surface area contributed by atoms with E-state index in [-0.39, 0.29) is 7.52 Å². The molecular formula is C6H12Br3NS. The van der Waals surface area contributed by atoms with Crippen LogP contribution in [0.3, 0.4) is 0 Å². The third-order valence-electron chi connectivity index (χ3n) is 1.42. The van der Waals surface area contributed by atoms with Gasteiger partial charge in [-0.25, -0.2) is 0 Å². The number of alkyl halides is 3. The van der Waals surface area contributed by atoms with Crippen molar-refractivity contribution < 1.29 is 0 Å². The van der Waals surface area contributed by atoms with Gasteiger partial charge in [-0.15, -0.1) is 12.6 Å². The van der Waals surface area contributed by atoms with E-state index in [4.69, 9.17) is 0 Å². The second kappa shape index (κ2) is 5.47. The van der Waals surface area contributed by atoms with Crippen molar-refractivity contribution in [3.05, 3.63) is 0 Å². The van der Waals surface area contributed by atoms with Crippen molar-refractivity contribution in [3.63, 3.8) is 0 Å². The molecule has 0 aliphatic rings. The van der Waals surface area contributed by atoms with Crippen LogP contribution in [0.25, 0.3) is 0 Å².